The van der Waals surface area contributed by atoms with Gasteiger partial charge >= 0.3 is 5.97 Å². The first-order chi connectivity index (χ1) is 10.6. The van der Waals surface area contributed by atoms with Crippen LogP contribution < -0.4 is 0 Å². The largest absolute Gasteiger partial charge is 0.481 e. The first kappa shape index (κ1) is 14.9. The van der Waals surface area contributed by atoms with E-state index in [1.54, 1.807) is 0 Å². The Morgan fingerprint density at radius 3 is 2.64 bits per heavy atom. The summed E-state index contributed by atoms with van der Waals surface area (Å²) < 4.78 is 1.99. The fourth-order valence-corrected chi connectivity index (χ4v) is 3.52. The van der Waals surface area contributed by atoms with E-state index in [9.17, 15) is 9.90 Å². The topological polar surface area (TPSA) is 50.2 Å². The van der Waals surface area contributed by atoms with Crippen molar-refractivity contribution in [1.29, 1.82) is 0 Å². The lowest BCUT2D eigenvalue weighted by Gasteiger charge is -2.03. The van der Waals surface area contributed by atoms with Gasteiger partial charge in [-0.3, -0.25) is 4.79 Å². The Morgan fingerprint density at radius 2 is 1.91 bits per heavy atom. The van der Waals surface area contributed by atoms with Gasteiger partial charge in [0.2, 0.25) is 0 Å². The van der Waals surface area contributed by atoms with E-state index in [1.165, 1.54) is 11.3 Å². The Balaban J connectivity index is 2.10. The van der Waals surface area contributed by atoms with Crippen molar-refractivity contribution in [3.05, 3.63) is 63.6 Å². The fraction of sp³-hybridized carbons (Fsp3) is 0.0588. The van der Waals surface area contributed by atoms with Crippen molar-refractivity contribution >= 4 is 55.1 Å². The van der Waals surface area contributed by atoms with E-state index >= 15 is 0 Å². The van der Waals surface area contributed by atoms with Crippen LogP contribution >= 0.6 is 27.3 Å². The Labute approximate surface area is 140 Å². The predicted molar refractivity (Wildman–Crippen MR) is 93.9 cm³/mol. The van der Waals surface area contributed by atoms with Crippen molar-refractivity contribution in [1.82, 2.24) is 4.98 Å². The number of carbonyl (C=O) groups is 1. The summed E-state index contributed by atoms with van der Waals surface area (Å²) in [5.41, 5.74) is 2.55. The average Bonchev–Trinajstić information content (AvgIpc) is 2.92. The second-order valence-corrected chi connectivity index (χ2v) is 6.63. The molecule has 0 fully saturated rings. The van der Waals surface area contributed by atoms with Crippen LogP contribution in [-0.4, -0.2) is 16.1 Å². The number of carboxylic acids is 1. The molecule has 3 rings (SSSR count). The third-order valence-electron chi connectivity index (χ3n) is 3.15. The van der Waals surface area contributed by atoms with Gasteiger partial charge in [-0.2, -0.15) is 0 Å². The molecule has 0 saturated carbocycles. The normalized spacial score (nSPS) is 11.8. The second kappa shape index (κ2) is 6.42. The molecule has 0 spiro atoms. The lowest BCUT2D eigenvalue weighted by atomic mass is 10.1. The van der Waals surface area contributed by atoms with Gasteiger partial charge in [-0.15, -0.1) is 11.3 Å². The van der Waals surface area contributed by atoms with Crippen LogP contribution in [0.25, 0.3) is 21.9 Å². The highest BCUT2D eigenvalue weighted by atomic mass is 79.9. The molecule has 2 aromatic carbocycles. The molecule has 3 nitrogen and oxygen atoms in total. The first-order valence-electron chi connectivity index (χ1n) is 6.66. The number of thiazole rings is 1. The lowest BCUT2D eigenvalue weighted by molar-refractivity contribution is -0.135. The molecule has 0 radical (unpaired) electrons. The zero-order chi connectivity index (χ0) is 15.5. The van der Waals surface area contributed by atoms with Crippen LogP contribution in [0.3, 0.4) is 0 Å². The molecule has 1 N–H and O–H groups in total. The second-order valence-electron chi connectivity index (χ2n) is 4.75. The third kappa shape index (κ3) is 3.26. The van der Waals surface area contributed by atoms with Crippen molar-refractivity contribution in [2.75, 3.05) is 0 Å². The number of para-hydroxylation sites is 1. The number of rotatable bonds is 4. The van der Waals surface area contributed by atoms with E-state index in [1.807, 2.05) is 54.6 Å². The van der Waals surface area contributed by atoms with Gasteiger partial charge in [-0.05, 0) is 35.4 Å². The number of hydrogen-bond acceptors (Lipinski definition) is 3. The molecular formula is C17H12BrNO2S. The molecule has 3 aromatic rings. The number of aromatic nitrogens is 1. The van der Waals surface area contributed by atoms with Gasteiger partial charge in [0.15, 0.2) is 0 Å². The quantitative estimate of drug-likeness (QED) is 0.693. The zero-order valence-corrected chi connectivity index (χ0v) is 13.9. The lowest BCUT2D eigenvalue weighted by Crippen LogP contribution is -1.97. The van der Waals surface area contributed by atoms with E-state index < -0.39 is 5.97 Å². The number of aliphatic carboxylic acids is 1. The summed E-state index contributed by atoms with van der Waals surface area (Å²) in [5.74, 6) is -0.863. The predicted octanol–water partition coefficient (Wildman–Crippen LogP) is 5.07. The molecule has 0 amide bonds. The molecule has 0 atom stereocenters. The summed E-state index contributed by atoms with van der Waals surface area (Å²) in [6, 6.07) is 15.5. The molecule has 5 heteroatoms. The summed E-state index contributed by atoms with van der Waals surface area (Å²) >= 11 is 5.00. The van der Waals surface area contributed by atoms with Crippen molar-refractivity contribution in [3.8, 4) is 0 Å². The van der Waals surface area contributed by atoms with Crippen LogP contribution in [0.15, 0.2) is 53.0 Å². The fourth-order valence-electron chi connectivity index (χ4n) is 2.14. The summed E-state index contributed by atoms with van der Waals surface area (Å²) in [6.07, 6.45) is 1.83. The minimum Gasteiger partial charge on any atom is -0.481 e. The molecule has 0 unspecified atom stereocenters. The Hall–Kier alpha value is -1.98. The van der Waals surface area contributed by atoms with Crippen LogP contribution in [0.5, 0.6) is 0 Å². The summed E-state index contributed by atoms with van der Waals surface area (Å²) in [4.78, 5) is 15.8. The molecule has 0 bridgehead atoms. The number of fused-ring (bicyclic) bond motifs is 1. The Bertz CT molecular complexity index is 837. The van der Waals surface area contributed by atoms with Gasteiger partial charge in [0.05, 0.1) is 16.6 Å². The van der Waals surface area contributed by atoms with Crippen LogP contribution in [0.2, 0.25) is 0 Å². The maximum atomic E-state index is 11.2. The smallest absolute Gasteiger partial charge is 0.307 e. The first-order valence-corrected chi connectivity index (χ1v) is 8.27. The number of nitrogens with zero attached hydrogens (tertiary/aromatic N) is 1. The van der Waals surface area contributed by atoms with Crippen molar-refractivity contribution in [2.45, 2.75) is 6.42 Å². The molecule has 1 aromatic heterocycles. The number of halogens is 1. The number of benzene rings is 2. The molecule has 22 heavy (non-hydrogen) atoms. The van der Waals surface area contributed by atoms with E-state index in [-0.39, 0.29) is 6.42 Å². The summed E-state index contributed by atoms with van der Waals surface area (Å²) in [6.45, 7) is 0. The van der Waals surface area contributed by atoms with Crippen molar-refractivity contribution < 1.29 is 9.90 Å². The van der Waals surface area contributed by atoms with Gasteiger partial charge in [-0.1, -0.05) is 46.3 Å². The molecule has 0 saturated heterocycles. The molecular weight excluding hydrogens is 362 g/mol. The van der Waals surface area contributed by atoms with Crippen LogP contribution in [0, 0.1) is 0 Å². The van der Waals surface area contributed by atoms with Gasteiger partial charge in [0, 0.05) is 4.47 Å². The number of carboxylic acid groups (broad SMARTS) is 1. The minimum atomic E-state index is -0.863. The SMILES string of the molecule is O=C(O)C/C(=C\c1ccccc1Br)c1nc2ccccc2s1. The van der Waals surface area contributed by atoms with Gasteiger partial charge in [0.1, 0.15) is 5.01 Å². The molecule has 0 aliphatic heterocycles. The van der Waals surface area contributed by atoms with Crippen LogP contribution in [0.4, 0.5) is 0 Å². The highest BCUT2D eigenvalue weighted by molar-refractivity contribution is 9.10. The third-order valence-corrected chi connectivity index (χ3v) is 4.98. The Kier molecular flexibility index (Phi) is 4.36. The Morgan fingerprint density at radius 1 is 1.18 bits per heavy atom. The summed E-state index contributed by atoms with van der Waals surface area (Å²) in [7, 11) is 0. The van der Waals surface area contributed by atoms with Crippen molar-refractivity contribution in [2.24, 2.45) is 0 Å². The van der Waals surface area contributed by atoms with E-state index in [4.69, 9.17) is 0 Å². The zero-order valence-electron chi connectivity index (χ0n) is 11.5. The summed E-state index contributed by atoms with van der Waals surface area (Å²) in [5, 5.41) is 9.94. The van der Waals surface area contributed by atoms with Gasteiger partial charge in [0.25, 0.3) is 0 Å². The standard InChI is InChI=1S/C17H12BrNO2S/c18-13-6-2-1-5-11(13)9-12(10-16(20)21)17-19-14-7-3-4-8-15(14)22-17/h1-9H,10H2,(H,20,21)/b12-9+. The van der Waals surface area contributed by atoms with E-state index in [2.05, 4.69) is 20.9 Å². The van der Waals surface area contributed by atoms with E-state index in [0.717, 1.165) is 25.3 Å². The molecule has 0 aliphatic carbocycles. The maximum absolute atomic E-state index is 11.2. The molecule has 0 aliphatic rings. The maximum Gasteiger partial charge on any atom is 0.307 e. The highest BCUT2D eigenvalue weighted by Crippen LogP contribution is 2.31. The molecule has 110 valence electrons. The average molecular weight is 374 g/mol. The monoisotopic (exact) mass is 373 g/mol. The van der Waals surface area contributed by atoms with Crippen molar-refractivity contribution in [3.63, 3.8) is 0 Å². The van der Waals surface area contributed by atoms with Gasteiger partial charge < -0.3 is 5.11 Å². The minimum absolute atomic E-state index is 0.0544. The highest BCUT2D eigenvalue weighted by Gasteiger charge is 2.13. The van der Waals surface area contributed by atoms with Gasteiger partial charge in [-0.25, -0.2) is 4.98 Å². The van der Waals surface area contributed by atoms with Crippen LogP contribution in [0.1, 0.15) is 17.0 Å². The molecule has 1 heterocycles. The van der Waals surface area contributed by atoms with Crippen LogP contribution in [-0.2, 0) is 4.79 Å². The number of hydrogen-bond donors (Lipinski definition) is 1. The van der Waals surface area contributed by atoms with E-state index in [0.29, 0.717) is 5.57 Å².